The van der Waals surface area contributed by atoms with E-state index in [0.29, 0.717) is 0 Å². The first-order valence-electron chi connectivity index (χ1n) is 4.96. The van der Waals surface area contributed by atoms with Crippen LogP contribution in [0.1, 0.15) is 12.8 Å². The van der Waals surface area contributed by atoms with Crippen molar-refractivity contribution < 1.29 is 9.90 Å². The van der Waals surface area contributed by atoms with Crippen molar-refractivity contribution in [1.82, 2.24) is 10.2 Å². The third-order valence-electron chi connectivity index (χ3n) is 3.14. The van der Waals surface area contributed by atoms with Gasteiger partial charge in [-0.25, -0.2) is 0 Å². The molecule has 0 amide bonds. The lowest BCUT2D eigenvalue weighted by Gasteiger charge is -2.42. The van der Waals surface area contributed by atoms with Gasteiger partial charge in [-0.1, -0.05) is 0 Å². The lowest BCUT2D eigenvalue weighted by Crippen LogP contribution is -2.58. The highest BCUT2D eigenvalue weighted by Crippen LogP contribution is 2.24. The van der Waals surface area contributed by atoms with Gasteiger partial charge in [0.1, 0.15) is 0 Å². The average Bonchev–Trinajstić information content (AvgIpc) is 2.17. The minimum atomic E-state index is -0.626. The molecule has 2 saturated heterocycles. The fourth-order valence-corrected chi connectivity index (χ4v) is 2.44. The van der Waals surface area contributed by atoms with Gasteiger partial charge in [0.25, 0.3) is 0 Å². The highest BCUT2D eigenvalue weighted by atomic mass is 16.4. The number of fused-ring (bicyclic) bond motifs is 1. The van der Waals surface area contributed by atoms with Crippen LogP contribution in [0.2, 0.25) is 0 Å². The molecule has 2 unspecified atom stereocenters. The molecule has 0 aliphatic carbocycles. The van der Waals surface area contributed by atoms with Crippen molar-refractivity contribution in [3.05, 3.63) is 0 Å². The van der Waals surface area contributed by atoms with Gasteiger partial charge in [0.15, 0.2) is 0 Å². The number of aliphatic carboxylic acids is 1. The van der Waals surface area contributed by atoms with Crippen LogP contribution in [0.5, 0.6) is 0 Å². The van der Waals surface area contributed by atoms with Crippen molar-refractivity contribution in [2.24, 2.45) is 5.92 Å². The second-order valence-electron chi connectivity index (χ2n) is 3.89. The molecule has 2 aliphatic heterocycles. The van der Waals surface area contributed by atoms with Crippen molar-refractivity contribution in [2.45, 2.75) is 18.9 Å². The molecule has 74 valence electrons. The number of nitrogens with zero attached hydrogens (tertiary/aromatic N) is 1. The maximum absolute atomic E-state index is 11.0. The molecule has 4 heteroatoms. The van der Waals surface area contributed by atoms with Crippen LogP contribution >= 0.6 is 0 Å². The molecule has 0 aromatic rings. The molecule has 0 aromatic heterocycles. The molecule has 2 aliphatic rings. The Kier molecular flexibility index (Phi) is 2.51. The topological polar surface area (TPSA) is 52.6 Å². The molecule has 0 spiro atoms. The lowest BCUT2D eigenvalue weighted by molar-refractivity contribution is -0.146. The van der Waals surface area contributed by atoms with Gasteiger partial charge in [0, 0.05) is 25.7 Å². The number of hydrogen-bond acceptors (Lipinski definition) is 3. The van der Waals surface area contributed by atoms with E-state index in [9.17, 15) is 4.79 Å². The van der Waals surface area contributed by atoms with E-state index in [1.165, 1.54) is 0 Å². The molecular formula is C9H16N2O2. The number of carbonyl (C=O) groups is 1. The van der Waals surface area contributed by atoms with E-state index in [4.69, 9.17) is 5.11 Å². The van der Waals surface area contributed by atoms with Crippen molar-refractivity contribution in [3.8, 4) is 0 Å². The van der Waals surface area contributed by atoms with Crippen LogP contribution in [0.3, 0.4) is 0 Å². The van der Waals surface area contributed by atoms with Crippen LogP contribution in [0.15, 0.2) is 0 Å². The summed E-state index contributed by atoms with van der Waals surface area (Å²) >= 11 is 0. The maximum Gasteiger partial charge on any atom is 0.308 e. The molecule has 0 radical (unpaired) electrons. The van der Waals surface area contributed by atoms with Crippen molar-refractivity contribution in [1.29, 1.82) is 0 Å². The number of piperidine rings is 1. The Morgan fingerprint density at radius 3 is 3.08 bits per heavy atom. The second kappa shape index (κ2) is 3.64. The number of rotatable bonds is 1. The van der Waals surface area contributed by atoms with Gasteiger partial charge in [-0.3, -0.25) is 9.69 Å². The van der Waals surface area contributed by atoms with E-state index in [-0.39, 0.29) is 12.0 Å². The number of hydrogen-bond donors (Lipinski definition) is 2. The number of nitrogens with one attached hydrogen (secondary N) is 1. The van der Waals surface area contributed by atoms with Gasteiger partial charge in [-0.2, -0.15) is 0 Å². The Bertz CT molecular complexity index is 206. The smallest absolute Gasteiger partial charge is 0.308 e. The summed E-state index contributed by atoms with van der Waals surface area (Å²) in [5.41, 5.74) is 0. The van der Waals surface area contributed by atoms with Gasteiger partial charge in [-0.05, 0) is 19.4 Å². The van der Waals surface area contributed by atoms with E-state index < -0.39 is 5.97 Å². The highest BCUT2D eigenvalue weighted by Gasteiger charge is 2.36. The summed E-state index contributed by atoms with van der Waals surface area (Å²) in [6.45, 7) is 3.93. The van der Waals surface area contributed by atoms with Crippen molar-refractivity contribution >= 4 is 5.97 Å². The van der Waals surface area contributed by atoms with E-state index in [0.717, 1.165) is 39.0 Å². The normalized spacial score (nSPS) is 35.4. The van der Waals surface area contributed by atoms with Gasteiger partial charge in [-0.15, -0.1) is 0 Å². The van der Waals surface area contributed by atoms with E-state index in [1.54, 1.807) is 0 Å². The van der Waals surface area contributed by atoms with E-state index >= 15 is 0 Å². The van der Waals surface area contributed by atoms with E-state index in [2.05, 4.69) is 10.2 Å². The molecule has 2 N–H and O–H groups in total. The number of carboxylic acids is 1. The molecule has 2 heterocycles. The zero-order valence-electron chi connectivity index (χ0n) is 7.70. The molecule has 2 atom stereocenters. The Morgan fingerprint density at radius 2 is 2.31 bits per heavy atom. The SMILES string of the molecule is O=C(O)C1CCCN2CCNCC12. The predicted molar refractivity (Wildman–Crippen MR) is 48.6 cm³/mol. The Morgan fingerprint density at radius 1 is 1.46 bits per heavy atom. The fraction of sp³-hybridized carbons (Fsp3) is 0.889. The lowest BCUT2D eigenvalue weighted by atomic mass is 9.88. The largest absolute Gasteiger partial charge is 0.481 e. The molecule has 2 rings (SSSR count). The van der Waals surface area contributed by atoms with Crippen LogP contribution in [0.25, 0.3) is 0 Å². The van der Waals surface area contributed by atoms with Gasteiger partial charge in [0.2, 0.25) is 0 Å². The first kappa shape index (κ1) is 8.97. The summed E-state index contributed by atoms with van der Waals surface area (Å²) in [5, 5.41) is 12.3. The summed E-state index contributed by atoms with van der Waals surface area (Å²) in [6, 6.07) is 0.236. The summed E-state index contributed by atoms with van der Waals surface area (Å²) in [4.78, 5) is 13.3. The Hall–Kier alpha value is -0.610. The summed E-state index contributed by atoms with van der Waals surface area (Å²) in [7, 11) is 0. The first-order valence-corrected chi connectivity index (χ1v) is 4.96. The van der Waals surface area contributed by atoms with Gasteiger partial charge >= 0.3 is 5.97 Å². The first-order chi connectivity index (χ1) is 6.29. The summed E-state index contributed by atoms with van der Waals surface area (Å²) in [5.74, 6) is -0.778. The summed E-state index contributed by atoms with van der Waals surface area (Å²) < 4.78 is 0. The molecule has 13 heavy (non-hydrogen) atoms. The van der Waals surface area contributed by atoms with Crippen LogP contribution < -0.4 is 5.32 Å². The van der Waals surface area contributed by atoms with Crippen LogP contribution in [-0.4, -0.2) is 48.2 Å². The number of piperazine rings is 1. The predicted octanol–water partition coefficient (Wildman–Crippen LogP) is -0.245. The molecule has 0 bridgehead atoms. The van der Waals surface area contributed by atoms with Crippen LogP contribution in [-0.2, 0) is 4.79 Å². The minimum absolute atomic E-state index is 0.151. The maximum atomic E-state index is 11.0. The second-order valence-corrected chi connectivity index (χ2v) is 3.89. The standard InChI is InChI=1S/C9H16N2O2/c12-9(13)7-2-1-4-11-5-3-10-6-8(7)11/h7-8,10H,1-6H2,(H,12,13). The Balaban J connectivity index is 2.06. The molecular weight excluding hydrogens is 168 g/mol. The molecule has 2 fully saturated rings. The third kappa shape index (κ3) is 1.69. The highest BCUT2D eigenvalue weighted by molar-refractivity contribution is 5.71. The third-order valence-corrected chi connectivity index (χ3v) is 3.14. The average molecular weight is 184 g/mol. The van der Waals surface area contributed by atoms with Gasteiger partial charge in [0.05, 0.1) is 5.92 Å². The molecule has 0 aromatic carbocycles. The minimum Gasteiger partial charge on any atom is -0.481 e. The van der Waals surface area contributed by atoms with Crippen LogP contribution in [0, 0.1) is 5.92 Å². The zero-order valence-corrected chi connectivity index (χ0v) is 7.70. The quantitative estimate of drug-likeness (QED) is 0.590. The summed E-state index contributed by atoms with van der Waals surface area (Å²) in [6.07, 6.45) is 1.88. The fourth-order valence-electron chi connectivity index (χ4n) is 2.44. The van der Waals surface area contributed by atoms with Crippen molar-refractivity contribution in [3.63, 3.8) is 0 Å². The molecule has 0 saturated carbocycles. The van der Waals surface area contributed by atoms with Crippen LogP contribution in [0.4, 0.5) is 0 Å². The Labute approximate surface area is 77.9 Å². The number of carboxylic acid groups (broad SMARTS) is 1. The zero-order chi connectivity index (χ0) is 9.26. The molecule has 4 nitrogen and oxygen atoms in total. The monoisotopic (exact) mass is 184 g/mol. The van der Waals surface area contributed by atoms with E-state index in [1.807, 2.05) is 0 Å². The van der Waals surface area contributed by atoms with Crippen molar-refractivity contribution in [2.75, 3.05) is 26.2 Å². The van der Waals surface area contributed by atoms with Gasteiger partial charge < -0.3 is 10.4 Å².